The largest absolute Gasteiger partial charge is 0.381 e. The number of rotatable bonds is 5. The predicted molar refractivity (Wildman–Crippen MR) is 102 cm³/mol. The summed E-state index contributed by atoms with van der Waals surface area (Å²) in [6.45, 7) is 2.67. The Morgan fingerprint density at radius 3 is 2.73 bits per heavy atom. The zero-order valence-corrected chi connectivity index (χ0v) is 15.8. The van der Waals surface area contributed by atoms with Gasteiger partial charge in [0.2, 0.25) is 0 Å². The van der Waals surface area contributed by atoms with E-state index in [1.807, 2.05) is 30.3 Å². The van der Waals surface area contributed by atoms with E-state index >= 15 is 0 Å². The minimum Gasteiger partial charge on any atom is -0.381 e. The molecule has 0 bridgehead atoms. The molecule has 0 saturated carbocycles. The van der Waals surface area contributed by atoms with Crippen LogP contribution in [-0.2, 0) is 16.0 Å². The van der Waals surface area contributed by atoms with Gasteiger partial charge in [-0.1, -0.05) is 48.1 Å². The van der Waals surface area contributed by atoms with Crippen LogP contribution in [0.4, 0.5) is 0 Å². The Balaban J connectivity index is 1.44. The summed E-state index contributed by atoms with van der Waals surface area (Å²) >= 11 is 1.53. The van der Waals surface area contributed by atoms with E-state index in [9.17, 15) is 4.79 Å². The van der Waals surface area contributed by atoms with Gasteiger partial charge in [0.05, 0.1) is 12.5 Å². The van der Waals surface area contributed by atoms with Crippen LogP contribution < -0.4 is 0 Å². The van der Waals surface area contributed by atoms with Gasteiger partial charge in [0.25, 0.3) is 0 Å². The number of aromatic nitrogens is 2. The van der Waals surface area contributed by atoms with Crippen molar-refractivity contribution in [2.75, 3.05) is 19.8 Å². The Bertz CT molecular complexity index is 728. The molecule has 1 aromatic heterocycles. The normalized spacial score (nSPS) is 22.4. The fourth-order valence-electron chi connectivity index (χ4n) is 4.04. The van der Waals surface area contributed by atoms with Gasteiger partial charge >= 0.3 is 0 Å². The number of ether oxygens (including phenoxy) is 1. The first-order valence-corrected chi connectivity index (χ1v) is 10.4. The van der Waals surface area contributed by atoms with Gasteiger partial charge in [0.1, 0.15) is 10.0 Å². The molecule has 2 fully saturated rings. The summed E-state index contributed by atoms with van der Waals surface area (Å²) in [5.74, 6) is 0.298. The van der Waals surface area contributed by atoms with Gasteiger partial charge in [-0.2, -0.15) is 0 Å². The first-order valence-electron chi connectivity index (χ1n) is 9.55. The maximum atomic E-state index is 13.0. The standard InChI is InChI=1S/C20H25N3O2S/c24-18(14-19-21-22-20(26-19)15-6-2-1-3-7-15)17-8-4-5-11-23(17)16-9-12-25-13-10-16/h1-3,6-7,16-17H,4-5,8-14H2/t17-/m0/s1. The fourth-order valence-corrected chi connectivity index (χ4v) is 4.90. The van der Waals surface area contributed by atoms with E-state index in [-0.39, 0.29) is 6.04 Å². The van der Waals surface area contributed by atoms with Gasteiger partial charge in [0.15, 0.2) is 5.78 Å². The minimum atomic E-state index is 0.0379. The van der Waals surface area contributed by atoms with E-state index in [1.54, 1.807) is 0 Å². The van der Waals surface area contributed by atoms with Gasteiger partial charge < -0.3 is 4.74 Å². The predicted octanol–water partition coefficient (Wildman–Crippen LogP) is 3.35. The molecule has 0 radical (unpaired) electrons. The molecule has 3 heterocycles. The van der Waals surface area contributed by atoms with Crippen LogP contribution in [0.15, 0.2) is 30.3 Å². The second-order valence-electron chi connectivity index (χ2n) is 7.10. The highest BCUT2D eigenvalue weighted by atomic mass is 32.1. The van der Waals surface area contributed by atoms with Crippen molar-refractivity contribution in [3.63, 3.8) is 0 Å². The van der Waals surface area contributed by atoms with E-state index < -0.39 is 0 Å². The number of ketones is 1. The average molecular weight is 372 g/mol. The first-order chi connectivity index (χ1) is 12.8. The second-order valence-corrected chi connectivity index (χ2v) is 8.17. The molecule has 2 aromatic rings. The van der Waals surface area contributed by atoms with Crippen LogP contribution in [0.25, 0.3) is 10.6 Å². The van der Waals surface area contributed by atoms with Crippen molar-refractivity contribution in [3.05, 3.63) is 35.3 Å². The third-order valence-corrected chi connectivity index (χ3v) is 6.36. The molecular formula is C20H25N3O2S. The lowest BCUT2D eigenvalue weighted by atomic mass is 9.93. The molecular weight excluding hydrogens is 346 g/mol. The van der Waals surface area contributed by atoms with Crippen LogP contribution in [0.5, 0.6) is 0 Å². The highest BCUT2D eigenvalue weighted by molar-refractivity contribution is 7.14. The molecule has 138 valence electrons. The van der Waals surface area contributed by atoms with Crippen LogP contribution in [-0.4, -0.2) is 52.7 Å². The lowest BCUT2D eigenvalue weighted by molar-refractivity contribution is -0.127. The van der Waals surface area contributed by atoms with E-state index in [1.165, 1.54) is 17.8 Å². The summed E-state index contributed by atoms with van der Waals surface area (Å²) in [7, 11) is 0. The number of piperidine rings is 1. The number of likely N-dealkylation sites (tertiary alicyclic amines) is 1. The summed E-state index contributed by atoms with van der Waals surface area (Å²) in [4.78, 5) is 15.5. The number of benzene rings is 1. The third-order valence-electron chi connectivity index (χ3n) is 5.39. The van der Waals surface area contributed by atoms with Crippen LogP contribution in [0.2, 0.25) is 0 Å². The quantitative estimate of drug-likeness (QED) is 0.807. The van der Waals surface area contributed by atoms with Crippen LogP contribution in [0, 0.1) is 0 Å². The minimum absolute atomic E-state index is 0.0379. The number of carbonyl (C=O) groups is 1. The van der Waals surface area contributed by atoms with Crippen molar-refractivity contribution >= 4 is 17.1 Å². The highest BCUT2D eigenvalue weighted by Gasteiger charge is 2.34. The van der Waals surface area contributed by atoms with Crippen molar-refractivity contribution in [2.45, 2.75) is 50.6 Å². The molecule has 6 heteroatoms. The topological polar surface area (TPSA) is 55.3 Å². The molecule has 0 N–H and O–H groups in total. The lowest BCUT2D eigenvalue weighted by Crippen LogP contribution is -2.52. The smallest absolute Gasteiger partial charge is 0.156 e. The van der Waals surface area contributed by atoms with Crippen molar-refractivity contribution < 1.29 is 9.53 Å². The van der Waals surface area contributed by atoms with Gasteiger partial charge in [-0.05, 0) is 32.2 Å². The van der Waals surface area contributed by atoms with Crippen LogP contribution in [0.3, 0.4) is 0 Å². The number of Topliss-reactive ketones (excluding diaryl/α,β-unsaturated/α-hetero) is 1. The zero-order valence-electron chi connectivity index (χ0n) is 15.0. The molecule has 4 rings (SSSR count). The molecule has 2 saturated heterocycles. The van der Waals surface area contributed by atoms with Crippen molar-refractivity contribution in [1.82, 2.24) is 15.1 Å². The molecule has 0 aliphatic carbocycles. The third kappa shape index (κ3) is 4.03. The zero-order chi connectivity index (χ0) is 17.8. The lowest BCUT2D eigenvalue weighted by Gasteiger charge is -2.41. The SMILES string of the molecule is O=C(Cc1nnc(-c2ccccc2)s1)[C@@H]1CCCCN1C1CCOCC1. The van der Waals surface area contributed by atoms with Gasteiger partial charge in [-0.15, -0.1) is 10.2 Å². The number of nitrogens with zero attached hydrogens (tertiary/aromatic N) is 3. The number of hydrogen-bond acceptors (Lipinski definition) is 6. The average Bonchev–Trinajstić information content (AvgIpc) is 3.18. The molecule has 0 unspecified atom stereocenters. The van der Waals surface area contributed by atoms with Crippen LogP contribution in [0.1, 0.15) is 37.1 Å². The van der Waals surface area contributed by atoms with E-state index in [2.05, 4.69) is 15.1 Å². The molecule has 1 atom stereocenters. The van der Waals surface area contributed by atoms with Crippen molar-refractivity contribution in [2.24, 2.45) is 0 Å². The summed E-state index contributed by atoms with van der Waals surface area (Å²) in [6.07, 6.45) is 5.79. The second kappa shape index (κ2) is 8.37. The van der Waals surface area contributed by atoms with Crippen molar-refractivity contribution in [1.29, 1.82) is 0 Å². The number of carbonyl (C=O) groups excluding carboxylic acids is 1. The maximum Gasteiger partial charge on any atom is 0.156 e. The Morgan fingerprint density at radius 2 is 1.92 bits per heavy atom. The molecule has 0 spiro atoms. The van der Waals surface area contributed by atoms with E-state index in [0.29, 0.717) is 18.2 Å². The summed E-state index contributed by atoms with van der Waals surface area (Å²) in [6, 6.07) is 10.6. The van der Waals surface area contributed by atoms with Crippen molar-refractivity contribution in [3.8, 4) is 10.6 Å². The fraction of sp³-hybridized carbons (Fsp3) is 0.550. The van der Waals surface area contributed by atoms with Gasteiger partial charge in [-0.3, -0.25) is 9.69 Å². The molecule has 0 amide bonds. The van der Waals surface area contributed by atoms with Gasteiger partial charge in [0, 0.05) is 24.8 Å². The molecule has 5 nitrogen and oxygen atoms in total. The summed E-state index contributed by atoms with van der Waals surface area (Å²) in [5, 5.41) is 10.3. The maximum absolute atomic E-state index is 13.0. The Morgan fingerprint density at radius 1 is 1.12 bits per heavy atom. The summed E-state index contributed by atoms with van der Waals surface area (Å²) in [5.41, 5.74) is 1.06. The summed E-state index contributed by atoms with van der Waals surface area (Å²) < 4.78 is 5.50. The Labute approximate surface area is 158 Å². The highest BCUT2D eigenvalue weighted by Crippen LogP contribution is 2.28. The van der Waals surface area contributed by atoms with E-state index in [0.717, 1.165) is 61.0 Å². The molecule has 2 aliphatic rings. The Hall–Kier alpha value is -1.63. The molecule has 2 aliphatic heterocycles. The molecule has 26 heavy (non-hydrogen) atoms. The monoisotopic (exact) mass is 371 g/mol. The Kier molecular flexibility index (Phi) is 5.72. The number of hydrogen-bond donors (Lipinski definition) is 0. The van der Waals surface area contributed by atoms with E-state index in [4.69, 9.17) is 4.74 Å². The first kappa shape index (κ1) is 17.8. The molecule has 1 aromatic carbocycles. The van der Waals surface area contributed by atoms with Crippen LogP contribution >= 0.6 is 11.3 Å². The van der Waals surface area contributed by atoms with Gasteiger partial charge in [-0.25, -0.2) is 0 Å².